The van der Waals surface area contributed by atoms with Gasteiger partial charge in [0.2, 0.25) is 0 Å². The zero-order valence-electron chi connectivity index (χ0n) is 16.5. The molecule has 2 heteroatoms. The minimum absolute atomic E-state index is 1.04. The van der Waals surface area contributed by atoms with E-state index in [1.54, 1.807) is 0 Å². The van der Waals surface area contributed by atoms with Crippen molar-refractivity contribution in [3.8, 4) is 22.4 Å². The molecule has 0 atom stereocenters. The third-order valence-corrected chi connectivity index (χ3v) is 9.36. The third kappa shape index (κ3) is 3.70. The van der Waals surface area contributed by atoms with Gasteiger partial charge in [0.25, 0.3) is 0 Å². The molecule has 0 aliphatic heterocycles. The topological polar surface area (TPSA) is 12.9 Å². The standard InChI is InChI=1S/C25H25GeN/c1-18-9-8-12-20(15-18)25-17-22(19-10-6-5-7-11-19)23-16-21(26(2,3)4)13-14-24(23)27-25/h5-17H,1-4H3. The number of fused-ring (bicyclic) bond motifs is 1. The molecule has 4 aromatic rings. The van der Waals surface area contributed by atoms with Gasteiger partial charge < -0.3 is 0 Å². The van der Waals surface area contributed by atoms with E-state index in [0.29, 0.717) is 0 Å². The Hall–Kier alpha value is -2.39. The van der Waals surface area contributed by atoms with Crippen LogP contribution in [0.1, 0.15) is 5.56 Å². The predicted octanol–water partition coefficient (Wildman–Crippen LogP) is 6.42. The maximum absolute atomic E-state index is 5.02. The quantitative estimate of drug-likeness (QED) is 0.354. The molecule has 0 amide bonds. The molecule has 134 valence electrons. The number of rotatable bonds is 3. The van der Waals surface area contributed by atoms with Crippen LogP contribution in [0, 0.1) is 6.92 Å². The summed E-state index contributed by atoms with van der Waals surface area (Å²) >= 11 is -1.91. The summed E-state index contributed by atoms with van der Waals surface area (Å²) in [5.41, 5.74) is 7.06. The van der Waals surface area contributed by atoms with Gasteiger partial charge >= 0.3 is 165 Å². The van der Waals surface area contributed by atoms with Crippen LogP contribution in [0.15, 0.2) is 78.9 Å². The molecule has 3 aromatic carbocycles. The molecule has 1 nitrogen and oxygen atoms in total. The molecule has 0 radical (unpaired) electrons. The molecule has 1 heterocycles. The van der Waals surface area contributed by atoms with Crippen LogP contribution in [-0.2, 0) is 0 Å². The van der Waals surface area contributed by atoms with Gasteiger partial charge in [0, 0.05) is 0 Å². The van der Waals surface area contributed by atoms with Crippen molar-refractivity contribution in [3.05, 3.63) is 84.4 Å². The Morgan fingerprint density at radius 2 is 1.44 bits per heavy atom. The molecule has 0 fully saturated rings. The molecule has 0 unspecified atom stereocenters. The van der Waals surface area contributed by atoms with Crippen molar-refractivity contribution in [2.45, 2.75) is 24.2 Å². The minimum atomic E-state index is -1.91. The van der Waals surface area contributed by atoms with Gasteiger partial charge in [0.15, 0.2) is 0 Å². The second-order valence-corrected chi connectivity index (χ2v) is 18.9. The second-order valence-electron chi connectivity index (χ2n) is 8.27. The van der Waals surface area contributed by atoms with Crippen molar-refractivity contribution < 1.29 is 0 Å². The van der Waals surface area contributed by atoms with Crippen LogP contribution in [0.5, 0.6) is 0 Å². The van der Waals surface area contributed by atoms with Crippen LogP contribution >= 0.6 is 0 Å². The summed E-state index contributed by atoms with van der Waals surface area (Å²) in [5.74, 6) is 7.33. The van der Waals surface area contributed by atoms with E-state index in [2.05, 4.69) is 103 Å². The van der Waals surface area contributed by atoms with Crippen LogP contribution in [-0.4, -0.2) is 18.3 Å². The Bertz CT molecular complexity index is 1110. The number of hydrogen-bond donors (Lipinski definition) is 0. The molecule has 4 rings (SSSR count). The summed E-state index contributed by atoms with van der Waals surface area (Å²) in [6.45, 7) is 2.13. The molecule has 0 bridgehead atoms. The monoisotopic (exact) mass is 413 g/mol. The molecule has 27 heavy (non-hydrogen) atoms. The number of nitrogens with zero attached hydrogens (tertiary/aromatic N) is 1. The summed E-state index contributed by atoms with van der Waals surface area (Å²) in [5, 5.41) is 1.26. The number of aromatic nitrogens is 1. The molecule has 0 saturated heterocycles. The molecular weight excluding hydrogens is 387 g/mol. The molecule has 0 saturated carbocycles. The van der Waals surface area contributed by atoms with Gasteiger partial charge in [-0.15, -0.1) is 0 Å². The first-order chi connectivity index (χ1) is 12.9. The van der Waals surface area contributed by atoms with E-state index in [4.69, 9.17) is 4.98 Å². The summed E-state index contributed by atoms with van der Waals surface area (Å²) in [6, 6.07) is 28.4. The Morgan fingerprint density at radius 3 is 2.15 bits per heavy atom. The van der Waals surface area contributed by atoms with Gasteiger partial charge in [-0.2, -0.15) is 0 Å². The van der Waals surface area contributed by atoms with Gasteiger partial charge in [-0.05, 0) is 0 Å². The van der Waals surface area contributed by atoms with Gasteiger partial charge in [0.1, 0.15) is 0 Å². The van der Waals surface area contributed by atoms with Crippen molar-refractivity contribution >= 4 is 28.6 Å². The fourth-order valence-electron chi connectivity index (χ4n) is 3.50. The van der Waals surface area contributed by atoms with Crippen LogP contribution in [0.4, 0.5) is 0 Å². The van der Waals surface area contributed by atoms with Gasteiger partial charge in [0.05, 0.1) is 0 Å². The Labute approximate surface area is 164 Å². The van der Waals surface area contributed by atoms with Crippen LogP contribution in [0.2, 0.25) is 17.3 Å². The molecule has 1 aromatic heterocycles. The summed E-state index contributed by atoms with van der Waals surface area (Å²) < 4.78 is 1.52. The SMILES string of the molecule is Cc1cccc(-c2cc(-c3ccccc3)c3c[c]([Ge]([CH3])([CH3])[CH3])ccc3n2)c1. The first kappa shape index (κ1) is 18.0. The molecule has 0 spiro atoms. The Balaban J connectivity index is 2.02. The summed E-state index contributed by atoms with van der Waals surface area (Å²) in [6.07, 6.45) is 0. The first-order valence-corrected chi connectivity index (χ1v) is 16.8. The van der Waals surface area contributed by atoms with Crippen molar-refractivity contribution in [1.82, 2.24) is 4.98 Å². The normalized spacial score (nSPS) is 11.7. The molecule has 0 aliphatic carbocycles. The van der Waals surface area contributed by atoms with E-state index in [0.717, 1.165) is 11.2 Å². The average molecular weight is 412 g/mol. The number of pyridine rings is 1. The Kier molecular flexibility index (Phi) is 4.65. The second kappa shape index (κ2) is 6.97. The van der Waals surface area contributed by atoms with Gasteiger partial charge in [-0.3, -0.25) is 0 Å². The van der Waals surface area contributed by atoms with E-state index >= 15 is 0 Å². The summed E-state index contributed by atoms with van der Waals surface area (Å²) in [4.78, 5) is 5.02. The van der Waals surface area contributed by atoms with E-state index < -0.39 is 13.3 Å². The van der Waals surface area contributed by atoms with E-state index in [1.165, 1.54) is 32.0 Å². The van der Waals surface area contributed by atoms with Gasteiger partial charge in [-0.25, -0.2) is 0 Å². The van der Waals surface area contributed by atoms with Crippen molar-refractivity contribution in [2.75, 3.05) is 0 Å². The van der Waals surface area contributed by atoms with E-state index in [1.807, 2.05) is 0 Å². The van der Waals surface area contributed by atoms with Crippen LogP contribution in [0.25, 0.3) is 33.3 Å². The predicted molar refractivity (Wildman–Crippen MR) is 120 cm³/mol. The molecule has 0 N–H and O–H groups in total. The fraction of sp³-hybridized carbons (Fsp3) is 0.160. The zero-order valence-corrected chi connectivity index (χ0v) is 18.6. The number of hydrogen-bond acceptors (Lipinski definition) is 1. The molecular formula is C25H25GeN. The van der Waals surface area contributed by atoms with E-state index in [9.17, 15) is 0 Å². The number of benzene rings is 3. The van der Waals surface area contributed by atoms with Crippen LogP contribution in [0.3, 0.4) is 0 Å². The van der Waals surface area contributed by atoms with E-state index in [-0.39, 0.29) is 0 Å². The van der Waals surface area contributed by atoms with Crippen molar-refractivity contribution in [1.29, 1.82) is 0 Å². The van der Waals surface area contributed by atoms with Crippen molar-refractivity contribution in [2.24, 2.45) is 0 Å². The maximum atomic E-state index is 5.02. The molecule has 0 aliphatic rings. The third-order valence-electron chi connectivity index (χ3n) is 5.07. The first-order valence-electron chi connectivity index (χ1n) is 9.49. The zero-order chi connectivity index (χ0) is 19.0. The fourth-order valence-corrected chi connectivity index (χ4v) is 5.94. The summed E-state index contributed by atoms with van der Waals surface area (Å²) in [7, 11) is 0. The average Bonchev–Trinajstić information content (AvgIpc) is 2.66. The van der Waals surface area contributed by atoms with Crippen molar-refractivity contribution in [3.63, 3.8) is 0 Å². The Morgan fingerprint density at radius 1 is 0.704 bits per heavy atom. The van der Waals surface area contributed by atoms with Crippen LogP contribution < -0.4 is 4.40 Å². The van der Waals surface area contributed by atoms with Gasteiger partial charge in [-0.1, -0.05) is 0 Å². The number of aryl methyl sites for hydroxylation is 1.